The summed E-state index contributed by atoms with van der Waals surface area (Å²) in [5.74, 6) is 0. The first-order valence-electron chi connectivity index (χ1n) is 3.46. The van der Waals surface area contributed by atoms with E-state index in [0.717, 1.165) is 25.7 Å². The SMILES string of the molecule is [CH2]CCC(CC[CH2])OC. The minimum Gasteiger partial charge on any atom is -0.381 e. The summed E-state index contributed by atoms with van der Waals surface area (Å²) in [5, 5.41) is 0. The highest BCUT2D eigenvalue weighted by Crippen LogP contribution is 2.06. The second-order valence-corrected chi connectivity index (χ2v) is 2.14. The Balaban J connectivity index is 3.18. The molecule has 0 saturated heterocycles. The molecule has 0 aromatic carbocycles. The fraction of sp³-hybridized carbons (Fsp3) is 0.750. The highest BCUT2D eigenvalue weighted by Gasteiger charge is 2.02. The molecule has 1 heteroatoms. The Hall–Kier alpha value is -0.0400. The Morgan fingerprint density at radius 2 is 1.67 bits per heavy atom. The van der Waals surface area contributed by atoms with Crippen molar-refractivity contribution in [2.45, 2.75) is 31.8 Å². The summed E-state index contributed by atoms with van der Waals surface area (Å²) < 4.78 is 5.15. The van der Waals surface area contributed by atoms with Crippen molar-refractivity contribution in [3.05, 3.63) is 13.8 Å². The largest absolute Gasteiger partial charge is 0.381 e. The first-order valence-corrected chi connectivity index (χ1v) is 3.46. The van der Waals surface area contributed by atoms with Crippen molar-refractivity contribution in [1.82, 2.24) is 0 Å². The zero-order valence-corrected chi connectivity index (χ0v) is 6.23. The molecule has 0 N–H and O–H groups in total. The van der Waals surface area contributed by atoms with Gasteiger partial charge < -0.3 is 4.74 Å². The summed E-state index contributed by atoms with van der Waals surface area (Å²) in [6, 6.07) is 0. The summed E-state index contributed by atoms with van der Waals surface area (Å²) in [4.78, 5) is 0. The quantitative estimate of drug-likeness (QED) is 0.551. The van der Waals surface area contributed by atoms with Gasteiger partial charge in [0.1, 0.15) is 0 Å². The fourth-order valence-electron chi connectivity index (χ4n) is 0.835. The van der Waals surface area contributed by atoms with Crippen LogP contribution in [0.15, 0.2) is 0 Å². The van der Waals surface area contributed by atoms with Crippen molar-refractivity contribution in [2.75, 3.05) is 7.11 Å². The Morgan fingerprint density at radius 1 is 1.22 bits per heavy atom. The molecule has 0 heterocycles. The van der Waals surface area contributed by atoms with Crippen LogP contribution < -0.4 is 0 Å². The van der Waals surface area contributed by atoms with Gasteiger partial charge in [0.25, 0.3) is 0 Å². The average molecular weight is 128 g/mol. The van der Waals surface area contributed by atoms with Gasteiger partial charge in [-0.05, 0) is 12.8 Å². The van der Waals surface area contributed by atoms with Crippen LogP contribution in [0.25, 0.3) is 0 Å². The Labute approximate surface area is 58.4 Å². The molecule has 0 aromatic heterocycles. The van der Waals surface area contributed by atoms with Gasteiger partial charge in [-0.3, -0.25) is 0 Å². The molecule has 9 heavy (non-hydrogen) atoms. The molecule has 1 nitrogen and oxygen atoms in total. The molecule has 0 rings (SSSR count). The van der Waals surface area contributed by atoms with Crippen LogP contribution in [0, 0.1) is 13.8 Å². The molecule has 0 aliphatic rings. The van der Waals surface area contributed by atoms with Crippen LogP contribution in [-0.4, -0.2) is 13.2 Å². The summed E-state index contributed by atoms with van der Waals surface area (Å²) in [5.41, 5.74) is 0. The molecule has 0 aliphatic heterocycles. The van der Waals surface area contributed by atoms with Crippen LogP contribution in [-0.2, 0) is 4.74 Å². The van der Waals surface area contributed by atoms with Gasteiger partial charge in [-0.1, -0.05) is 26.7 Å². The summed E-state index contributed by atoms with van der Waals surface area (Å²) in [6.07, 6.45) is 4.43. The molecule has 2 radical (unpaired) electrons. The molecule has 0 fully saturated rings. The van der Waals surface area contributed by atoms with Crippen LogP contribution in [0.2, 0.25) is 0 Å². The Bertz CT molecular complexity index is 46.5. The van der Waals surface area contributed by atoms with Gasteiger partial charge in [0.05, 0.1) is 6.10 Å². The Kier molecular flexibility index (Phi) is 6.06. The minimum atomic E-state index is 0.389. The van der Waals surface area contributed by atoms with E-state index in [1.165, 1.54) is 0 Å². The molecule has 0 atom stereocenters. The van der Waals surface area contributed by atoms with Crippen LogP contribution in [0.4, 0.5) is 0 Å². The predicted octanol–water partition coefficient (Wildman–Crippen LogP) is 2.23. The normalized spacial score (nSPS) is 10.7. The lowest BCUT2D eigenvalue weighted by Crippen LogP contribution is -2.08. The van der Waals surface area contributed by atoms with Crippen molar-refractivity contribution in [1.29, 1.82) is 0 Å². The second-order valence-electron chi connectivity index (χ2n) is 2.14. The molecule has 0 amide bonds. The first kappa shape index (κ1) is 8.96. The van der Waals surface area contributed by atoms with E-state index in [2.05, 4.69) is 13.8 Å². The minimum absolute atomic E-state index is 0.389. The van der Waals surface area contributed by atoms with Crippen LogP contribution in [0.3, 0.4) is 0 Å². The van der Waals surface area contributed by atoms with E-state index >= 15 is 0 Å². The molecular formula is C8H16O. The molecule has 0 spiro atoms. The third kappa shape index (κ3) is 4.46. The number of ether oxygens (including phenoxy) is 1. The predicted molar refractivity (Wildman–Crippen MR) is 40.0 cm³/mol. The van der Waals surface area contributed by atoms with Crippen molar-refractivity contribution in [3.8, 4) is 0 Å². The number of rotatable bonds is 5. The standard InChI is InChI=1S/C8H16O/c1-4-6-8(9-3)7-5-2/h8H,1-2,4-7H2,3H3. The van der Waals surface area contributed by atoms with E-state index in [9.17, 15) is 0 Å². The van der Waals surface area contributed by atoms with Gasteiger partial charge >= 0.3 is 0 Å². The maximum absolute atomic E-state index is 5.15. The highest BCUT2D eigenvalue weighted by molar-refractivity contribution is 4.58. The maximum atomic E-state index is 5.15. The summed E-state index contributed by atoms with van der Waals surface area (Å²) in [7, 11) is 1.75. The molecule has 0 saturated carbocycles. The molecule has 0 bridgehead atoms. The van der Waals surface area contributed by atoms with E-state index in [1.807, 2.05) is 0 Å². The first-order chi connectivity index (χ1) is 4.35. The molecular weight excluding hydrogens is 112 g/mol. The smallest absolute Gasteiger partial charge is 0.0571 e. The van der Waals surface area contributed by atoms with E-state index < -0.39 is 0 Å². The summed E-state index contributed by atoms with van der Waals surface area (Å²) in [6.45, 7) is 7.51. The number of hydrogen-bond acceptors (Lipinski definition) is 1. The van der Waals surface area contributed by atoms with Crippen molar-refractivity contribution < 1.29 is 4.74 Å². The van der Waals surface area contributed by atoms with Gasteiger partial charge in [0, 0.05) is 7.11 Å². The monoisotopic (exact) mass is 128 g/mol. The van der Waals surface area contributed by atoms with Crippen molar-refractivity contribution >= 4 is 0 Å². The van der Waals surface area contributed by atoms with Gasteiger partial charge in [-0.2, -0.15) is 0 Å². The number of hydrogen-bond donors (Lipinski definition) is 0. The molecule has 54 valence electrons. The van der Waals surface area contributed by atoms with Crippen molar-refractivity contribution in [2.24, 2.45) is 0 Å². The van der Waals surface area contributed by atoms with Gasteiger partial charge in [-0.25, -0.2) is 0 Å². The molecule has 0 aromatic rings. The third-order valence-electron chi connectivity index (χ3n) is 1.39. The second kappa shape index (κ2) is 6.09. The Morgan fingerprint density at radius 3 is 1.89 bits per heavy atom. The topological polar surface area (TPSA) is 9.23 Å². The van der Waals surface area contributed by atoms with E-state index in [0.29, 0.717) is 6.10 Å². The van der Waals surface area contributed by atoms with Gasteiger partial charge in [0.15, 0.2) is 0 Å². The lowest BCUT2D eigenvalue weighted by atomic mass is 10.1. The van der Waals surface area contributed by atoms with Crippen LogP contribution in [0.1, 0.15) is 25.7 Å². The van der Waals surface area contributed by atoms with Gasteiger partial charge in [-0.15, -0.1) is 0 Å². The molecule has 0 aliphatic carbocycles. The van der Waals surface area contributed by atoms with E-state index in [-0.39, 0.29) is 0 Å². The lowest BCUT2D eigenvalue weighted by Gasteiger charge is -2.11. The van der Waals surface area contributed by atoms with Crippen LogP contribution in [0.5, 0.6) is 0 Å². The van der Waals surface area contributed by atoms with Crippen molar-refractivity contribution in [3.63, 3.8) is 0 Å². The lowest BCUT2D eigenvalue weighted by molar-refractivity contribution is 0.0894. The summed E-state index contributed by atoms with van der Waals surface area (Å²) >= 11 is 0. The third-order valence-corrected chi connectivity index (χ3v) is 1.39. The highest BCUT2D eigenvalue weighted by atomic mass is 16.5. The zero-order valence-electron chi connectivity index (χ0n) is 6.23. The maximum Gasteiger partial charge on any atom is 0.0571 e. The van der Waals surface area contributed by atoms with E-state index in [1.54, 1.807) is 7.11 Å². The van der Waals surface area contributed by atoms with E-state index in [4.69, 9.17) is 4.74 Å². The number of methoxy groups -OCH3 is 1. The van der Waals surface area contributed by atoms with Gasteiger partial charge in [0.2, 0.25) is 0 Å². The fourth-order valence-corrected chi connectivity index (χ4v) is 0.835. The average Bonchev–Trinajstić information content (AvgIpc) is 1.88. The molecule has 0 unspecified atom stereocenters. The van der Waals surface area contributed by atoms with Crippen LogP contribution >= 0.6 is 0 Å². The zero-order chi connectivity index (χ0) is 7.11.